The van der Waals surface area contributed by atoms with Gasteiger partial charge in [0.15, 0.2) is 11.1 Å². The third-order valence-corrected chi connectivity index (χ3v) is 5.84. The van der Waals surface area contributed by atoms with Crippen LogP contribution in [0.15, 0.2) is 77.8 Å². The summed E-state index contributed by atoms with van der Waals surface area (Å²) in [6.45, 7) is 0. The summed E-state index contributed by atoms with van der Waals surface area (Å²) in [4.78, 5) is 17.3. The minimum Gasteiger partial charge on any atom is -0.322 e. The maximum absolute atomic E-state index is 12.7. The van der Waals surface area contributed by atoms with Crippen molar-refractivity contribution in [1.82, 2.24) is 4.98 Å². The van der Waals surface area contributed by atoms with E-state index in [4.69, 9.17) is 27.8 Å². The van der Waals surface area contributed by atoms with E-state index in [1.165, 1.54) is 18.2 Å². The molecule has 5 nitrogen and oxygen atoms in total. The molecule has 0 bridgehead atoms. The summed E-state index contributed by atoms with van der Waals surface area (Å²) in [5.41, 5.74) is 2.09. The summed E-state index contributed by atoms with van der Waals surface area (Å²) in [6, 6.07) is 19.0. The highest BCUT2D eigenvalue weighted by Crippen LogP contribution is 2.34. The van der Waals surface area contributed by atoms with Crippen LogP contribution in [0.4, 0.5) is 5.69 Å². The lowest BCUT2D eigenvalue weighted by Gasteiger charge is -2.12. The summed E-state index contributed by atoms with van der Waals surface area (Å²) in [5, 5.41) is 5.34. The van der Waals surface area contributed by atoms with E-state index in [-0.39, 0.29) is 15.5 Å². The zero-order valence-corrected chi connectivity index (χ0v) is 17.6. The Hall–Kier alpha value is -2.77. The van der Waals surface area contributed by atoms with E-state index in [1.807, 2.05) is 30.3 Å². The summed E-state index contributed by atoms with van der Waals surface area (Å²) in [7, 11) is 0. The van der Waals surface area contributed by atoms with Crippen LogP contribution >= 0.6 is 23.2 Å². The summed E-state index contributed by atoms with van der Waals surface area (Å²) >= 11 is 10.4. The summed E-state index contributed by atoms with van der Waals surface area (Å²) in [6.07, 6.45) is 1.71. The first-order valence-corrected chi connectivity index (χ1v) is 10.7. The van der Waals surface area contributed by atoms with E-state index in [1.54, 1.807) is 24.4 Å². The van der Waals surface area contributed by atoms with Gasteiger partial charge in [0.2, 0.25) is 0 Å². The molecule has 0 radical (unpaired) electrons. The number of aromatic nitrogens is 1. The number of halogens is 2. The lowest BCUT2D eigenvalue weighted by Crippen LogP contribution is -2.12. The number of rotatable bonds is 4. The topological polar surface area (TPSA) is 79.3 Å². The van der Waals surface area contributed by atoms with Gasteiger partial charge in [-0.25, -0.2) is 4.21 Å². The molecule has 0 spiro atoms. The van der Waals surface area contributed by atoms with Crippen molar-refractivity contribution >= 4 is 56.6 Å². The third-order valence-electron chi connectivity index (χ3n) is 4.54. The van der Waals surface area contributed by atoms with Crippen LogP contribution in [0.2, 0.25) is 10.0 Å². The Labute approximate surface area is 185 Å². The number of nitrogens with zero attached hydrogens (tertiary/aromatic N) is 1. The average Bonchev–Trinajstić information content (AvgIpc) is 2.74. The number of carbonyl (C=O) groups is 1. The average molecular weight is 457 g/mol. The molecule has 0 saturated carbocycles. The monoisotopic (exact) mass is 456 g/mol. The minimum absolute atomic E-state index is 0.0808. The van der Waals surface area contributed by atoms with Gasteiger partial charge >= 0.3 is 0 Å². The molecule has 1 aromatic heterocycles. The van der Waals surface area contributed by atoms with Crippen LogP contribution in [0, 0.1) is 0 Å². The van der Waals surface area contributed by atoms with Gasteiger partial charge in [-0.1, -0.05) is 47.5 Å². The molecule has 8 heteroatoms. The van der Waals surface area contributed by atoms with Crippen LogP contribution in [0.25, 0.3) is 22.0 Å². The first-order valence-electron chi connectivity index (χ1n) is 8.79. The molecule has 0 saturated heterocycles. The van der Waals surface area contributed by atoms with Gasteiger partial charge in [0.25, 0.3) is 5.91 Å². The largest absolute Gasteiger partial charge is 0.322 e. The lowest BCUT2D eigenvalue weighted by molar-refractivity contribution is 0.102. The molecule has 150 valence electrons. The molecule has 2 N–H and O–H groups in total. The minimum atomic E-state index is -2.18. The van der Waals surface area contributed by atoms with E-state index < -0.39 is 17.0 Å². The quantitative estimate of drug-likeness (QED) is 0.366. The van der Waals surface area contributed by atoms with Crippen LogP contribution in [0.3, 0.4) is 0 Å². The van der Waals surface area contributed by atoms with E-state index in [2.05, 4.69) is 10.3 Å². The van der Waals surface area contributed by atoms with Crippen LogP contribution in [0.5, 0.6) is 0 Å². The number of carbonyl (C=O) groups excluding carboxylic acids is 1. The van der Waals surface area contributed by atoms with Crippen molar-refractivity contribution in [3.05, 3.63) is 88.5 Å². The highest BCUT2D eigenvalue weighted by atomic mass is 35.5. The Bertz CT molecular complexity index is 1310. The fourth-order valence-corrected chi connectivity index (χ4v) is 4.05. The van der Waals surface area contributed by atoms with Crippen molar-refractivity contribution in [2.45, 2.75) is 4.90 Å². The van der Waals surface area contributed by atoms with Gasteiger partial charge in [0.05, 0.1) is 26.2 Å². The standard InChI is InChI=1S/C22H14Cl2N2O3S/c23-19-8-5-14(26-22(27)17-7-6-15(30(28)29)12-20(17)24)11-18(19)21-16-4-2-1-3-13(16)9-10-25-21/h1-12H,(H,26,27)(H,28,29). The smallest absolute Gasteiger partial charge is 0.257 e. The third kappa shape index (κ3) is 4.08. The molecule has 4 aromatic rings. The van der Waals surface area contributed by atoms with Crippen molar-refractivity contribution in [3.8, 4) is 11.3 Å². The first kappa shape index (κ1) is 20.5. The molecule has 0 aliphatic rings. The fraction of sp³-hybridized carbons (Fsp3) is 0. The van der Waals surface area contributed by atoms with Gasteiger partial charge < -0.3 is 9.87 Å². The van der Waals surface area contributed by atoms with Crippen molar-refractivity contribution in [1.29, 1.82) is 0 Å². The molecule has 4 rings (SSSR count). The second-order valence-corrected chi connectivity index (χ2v) is 8.20. The highest BCUT2D eigenvalue weighted by Gasteiger charge is 2.15. The molecule has 1 atom stereocenters. The second kappa shape index (κ2) is 8.53. The molecule has 1 heterocycles. The SMILES string of the molecule is O=C(Nc1ccc(Cl)c(-c2nccc3ccccc23)c1)c1ccc(S(=O)O)cc1Cl. The molecular formula is C22H14Cl2N2O3S. The highest BCUT2D eigenvalue weighted by molar-refractivity contribution is 7.79. The van der Waals surface area contributed by atoms with Crippen LogP contribution < -0.4 is 5.32 Å². The van der Waals surface area contributed by atoms with E-state index >= 15 is 0 Å². The molecule has 30 heavy (non-hydrogen) atoms. The predicted octanol–water partition coefficient (Wildman–Crippen LogP) is 6.04. The van der Waals surface area contributed by atoms with Gasteiger partial charge in [-0.15, -0.1) is 0 Å². The predicted molar refractivity (Wildman–Crippen MR) is 121 cm³/mol. The van der Waals surface area contributed by atoms with Crippen LogP contribution in [-0.2, 0) is 11.1 Å². The maximum Gasteiger partial charge on any atom is 0.257 e. The Kier molecular flexibility index (Phi) is 5.83. The number of hydrogen-bond acceptors (Lipinski definition) is 3. The Morgan fingerprint density at radius 3 is 2.53 bits per heavy atom. The Balaban J connectivity index is 1.69. The van der Waals surface area contributed by atoms with E-state index in [9.17, 15) is 9.00 Å². The normalized spacial score (nSPS) is 12.0. The van der Waals surface area contributed by atoms with Gasteiger partial charge in [0.1, 0.15) is 0 Å². The molecule has 1 unspecified atom stereocenters. The number of fused-ring (bicyclic) bond motifs is 1. The maximum atomic E-state index is 12.7. The molecule has 3 aromatic carbocycles. The zero-order valence-electron chi connectivity index (χ0n) is 15.3. The number of nitrogens with one attached hydrogen (secondary N) is 1. The van der Waals surface area contributed by atoms with Gasteiger partial charge in [-0.2, -0.15) is 0 Å². The zero-order chi connectivity index (χ0) is 21.3. The van der Waals surface area contributed by atoms with Gasteiger partial charge in [-0.3, -0.25) is 9.78 Å². The number of pyridine rings is 1. The summed E-state index contributed by atoms with van der Waals surface area (Å²) in [5.74, 6) is -0.450. The van der Waals surface area contributed by atoms with Crippen molar-refractivity contribution in [2.24, 2.45) is 0 Å². The van der Waals surface area contributed by atoms with Crippen molar-refractivity contribution in [3.63, 3.8) is 0 Å². The van der Waals surface area contributed by atoms with Crippen LogP contribution in [0.1, 0.15) is 10.4 Å². The molecule has 0 fully saturated rings. The number of hydrogen-bond donors (Lipinski definition) is 2. The van der Waals surface area contributed by atoms with E-state index in [0.29, 0.717) is 22.0 Å². The van der Waals surface area contributed by atoms with Gasteiger partial charge in [0, 0.05) is 22.8 Å². The molecule has 0 aliphatic carbocycles. The van der Waals surface area contributed by atoms with Gasteiger partial charge in [-0.05, 0) is 47.9 Å². The van der Waals surface area contributed by atoms with Crippen molar-refractivity contribution in [2.75, 3.05) is 5.32 Å². The van der Waals surface area contributed by atoms with Crippen molar-refractivity contribution < 1.29 is 13.6 Å². The molecular weight excluding hydrogens is 443 g/mol. The molecule has 0 aliphatic heterocycles. The number of anilines is 1. The Morgan fingerprint density at radius 1 is 0.967 bits per heavy atom. The number of amides is 1. The first-order chi connectivity index (χ1) is 14.4. The molecule has 1 amide bonds. The number of benzene rings is 3. The summed E-state index contributed by atoms with van der Waals surface area (Å²) < 4.78 is 20.3. The Morgan fingerprint density at radius 2 is 1.77 bits per heavy atom. The van der Waals surface area contributed by atoms with E-state index in [0.717, 1.165) is 10.8 Å². The second-order valence-electron chi connectivity index (χ2n) is 6.42. The lowest BCUT2D eigenvalue weighted by atomic mass is 10.0. The fourth-order valence-electron chi connectivity index (χ4n) is 3.11. The van der Waals surface area contributed by atoms with Crippen LogP contribution in [-0.4, -0.2) is 19.7 Å².